The average molecular weight is 811 g/mol. The highest BCUT2D eigenvalue weighted by atomic mass is 31.2. The van der Waals surface area contributed by atoms with Crippen molar-refractivity contribution >= 4 is 19.8 Å². The van der Waals surface area contributed by atoms with Crippen LogP contribution in [0.15, 0.2) is 72.9 Å². The molecular formula is C44H75O11P. The van der Waals surface area contributed by atoms with Gasteiger partial charge in [0, 0.05) is 12.8 Å². The number of carbonyl (C=O) groups is 2. The van der Waals surface area contributed by atoms with Crippen LogP contribution in [0.5, 0.6) is 0 Å². The zero-order valence-corrected chi connectivity index (χ0v) is 35.3. The van der Waals surface area contributed by atoms with Gasteiger partial charge in [0.15, 0.2) is 6.10 Å². The average Bonchev–Trinajstić information content (AvgIpc) is 3.17. The molecule has 0 rings (SSSR count). The summed E-state index contributed by atoms with van der Waals surface area (Å²) in [5.41, 5.74) is 0. The van der Waals surface area contributed by atoms with Crippen molar-refractivity contribution in [2.75, 3.05) is 26.4 Å². The van der Waals surface area contributed by atoms with Crippen LogP contribution in [-0.4, -0.2) is 76.9 Å². The topological polar surface area (TPSA) is 169 Å². The van der Waals surface area contributed by atoms with Gasteiger partial charge in [0.1, 0.15) is 12.7 Å². The molecule has 0 spiro atoms. The molecule has 0 aliphatic rings. The second kappa shape index (κ2) is 39.2. The minimum atomic E-state index is -4.65. The monoisotopic (exact) mass is 811 g/mol. The molecule has 4 atom stereocenters. The van der Waals surface area contributed by atoms with Gasteiger partial charge >= 0.3 is 19.8 Å². The number of hydrogen-bond acceptors (Lipinski definition) is 10. The van der Waals surface area contributed by atoms with Crippen LogP contribution >= 0.6 is 7.82 Å². The fraction of sp³-hybridized carbons (Fsp3) is 0.682. The summed E-state index contributed by atoms with van der Waals surface area (Å²) in [6.07, 6.45) is 41.5. The predicted octanol–water partition coefficient (Wildman–Crippen LogP) is 9.86. The van der Waals surface area contributed by atoms with Gasteiger partial charge < -0.3 is 29.7 Å². The van der Waals surface area contributed by atoms with Crippen LogP contribution in [-0.2, 0) is 32.7 Å². The third-order valence-corrected chi connectivity index (χ3v) is 9.30. The molecule has 0 saturated carbocycles. The highest BCUT2D eigenvalue weighted by Gasteiger charge is 2.27. The lowest BCUT2D eigenvalue weighted by Crippen LogP contribution is -2.29. The van der Waals surface area contributed by atoms with Gasteiger partial charge in [-0.05, 0) is 96.8 Å². The van der Waals surface area contributed by atoms with Crippen molar-refractivity contribution in [2.45, 2.75) is 167 Å². The first-order chi connectivity index (χ1) is 27.1. The van der Waals surface area contributed by atoms with Crippen molar-refractivity contribution in [3.63, 3.8) is 0 Å². The Bertz CT molecular complexity index is 1180. The van der Waals surface area contributed by atoms with Gasteiger partial charge in [-0.1, -0.05) is 112 Å². The number of carbonyl (C=O) groups excluding carboxylic acids is 2. The number of phosphoric acid groups is 1. The summed E-state index contributed by atoms with van der Waals surface area (Å²) in [4.78, 5) is 34.9. The van der Waals surface area contributed by atoms with Crippen LogP contribution in [0.4, 0.5) is 0 Å². The first kappa shape index (κ1) is 53.4. The zero-order chi connectivity index (χ0) is 41.4. The SMILES string of the molecule is CCCCC/C=C\C/C=C\CCCCCCCC(=O)OC[C@H](COP(=O)(O)OC[C@@H](O)CO)OC(=O)CCC/C=C\C/C=C\C/C=C\C/C=C\CCC[C@H](C)O. The molecule has 0 aliphatic heterocycles. The predicted molar refractivity (Wildman–Crippen MR) is 225 cm³/mol. The smallest absolute Gasteiger partial charge is 0.462 e. The molecule has 0 saturated heterocycles. The lowest BCUT2D eigenvalue weighted by molar-refractivity contribution is -0.161. The standard InChI is InChI=1S/C44H75O11P/c1-3-4-5-6-7-8-9-10-12-16-19-22-25-28-31-34-43(48)52-38-42(39-54-56(50,51)53-37-41(47)36-45)55-44(49)35-32-29-26-23-20-17-14-11-13-15-18-21-24-27-30-33-40(2)46/h7-8,10,12-15,17,21,23-24,26,40-42,45-47H,3-6,9,11,16,18-20,22,25,27-39H2,1-2H3,(H,50,51)/b8-7-,12-10-,15-13-,17-14-,24-21-,26-23-/t40-,41-,42+/m0/s1. The molecule has 12 heteroatoms. The molecule has 322 valence electrons. The van der Waals surface area contributed by atoms with E-state index in [0.717, 1.165) is 83.5 Å². The lowest BCUT2D eigenvalue weighted by atomic mass is 10.1. The largest absolute Gasteiger partial charge is 0.472 e. The van der Waals surface area contributed by atoms with Crippen LogP contribution < -0.4 is 0 Å². The van der Waals surface area contributed by atoms with Crippen LogP contribution in [0.1, 0.15) is 149 Å². The van der Waals surface area contributed by atoms with Gasteiger partial charge in [-0.2, -0.15) is 0 Å². The number of aliphatic hydroxyl groups excluding tert-OH is 3. The van der Waals surface area contributed by atoms with E-state index in [1.54, 1.807) is 0 Å². The number of esters is 2. The number of rotatable bonds is 38. The Labute approximate surface area is 338 Å². The summed E-state index contributed by atoms with van der Waals surface area (Å²) >= 11 is 0. The summed E-state index contributed by atoms with van der Waals surface area (Å²) in [5, 5.41) is 27.6. The van der Waals surface area contributed by atoms with Gasteiger partial charge in [-0.3, -0.25) is 18.6 Å². The minimum absolute atomic E-state index is 0.0896. The van der Waals surface area contributed by atoms with E-state index in [4.69, 9.17) is 19.1 Å². The first-order valence-electron chi connectivity index (χ1n) is 20.9. The van der Waals surface area contributed by atoms with Crippen LogP contribution in [0.2, 0.25) is 0 Å². The van der Waals surface area contributed by atoms with E-state index in [0.29, 0.717) is 19.3 Å². The van der Waals surface area contributed by atoms with Crippen LogP contribution in [0, 0.1) is 0 Å². The third-order valence-electron chi connectivity index (χ3n) is 8.35. The third kappa shape index (κ3) is 39.6. The quantitative estimate of drug-likeness (QED) is 0.0203. The maximum Gasteiger partial charge on any atom is 0.472 e. The molecule has 0 aromatic heterocycles. The molecule has 0 aromatic carbocycles. The maximum absolute atomic E-state index is 12.6. The number of hydrogen-bond donors (Lipinski definition) is 4. The molecule has 4 N–H and O–H groups in total. The van der Waals surface area contributed by atoms with Gasteiger partial charge in [0.25, 0.3) is 0 Å². The highest BCUT2D eigenvalue weighted by Crippen LogP contribution is 2.43. The summed E-state index contributed by atoms with van der Waals surface area (Å²) < 4.78 is 32.6. The molecule has 0 aromatic rings. The van der Waals surface area contributed by atoms with E-state index >= 15 is 0 Å². The van der Waals surface area contributed by atoms with E-state index in [1.807, 2.05) is 19.1 Å². The molecule has 1 unspecified atom stereocenters. The summed E-state index contributed by atoms with van der Waals surface area (Å²) in [5.74, 6) is -1.03. The summed E-state index contributed by atoms with van der Waals surface area (Å²) in [7, 11) is -4.65. The Morgan fingerprint density at radius 1 is 0.589 bits per heavy atom. The van der Waals surface area contributed by atoms with Gasteiger partial charge in [-0.15, -0.1) is 0 Å². The van der Waals surface area contributed by atoms with Crippen LogP contribution in [0.25, 0.3) is 0 Å². The van der Waals surface area contributed by atoms with E-state index in [1.165, 1.54) is 19.3 Å². The second-order valence-electron chi connectivity index (χ2n) is 13.9. The molecular weight excluding hydrogens is 735 g/mol. The first-order valence-corrected chi connectivity index (χ1v) is 22.4. The maximum atomic E-state index is 12.6. The van der Waals surface area contributed by atoms with Crippen molar-refractivity contribution in [3.05, 3.63) is 72.9 Å². The number of phosphoric ester groups is 1. The Hall–Kier alpha value is -2.63. The number of unbranched alkanes of at least 4 members (excludes halogenated alkanes) is 10. The number of aliphatic hydroxyl groups is 3. The minimum Gasteiger partial charge on any atom is -0.462 e. The molecule has 0 amide bonds. The molecule has 0 heterocycles. The van der Waals surface area contributed by atoms with Crippen molar-refractivity contribution < 1.29 is 52.9 Å². The van der Waals surface area contributed by atoms with Crippen molar-refractivity contribution in [3.8, 4) is 0 Å². The van der Waals surface area contributed by atoms with Crippen molar-refractivity contribution in [1.82, 2.24) is 0 Å². The van der Waals surface area contributed by atoms with E-state index < -0.39 is 51.8 Å². The second-order valence-corrected chi connectivity index (χ2v) is 15.4. The normalized spacial score (nSPS) is 15.2. The Balaban J connectivity index is 4.46. The van der Waals surface area contributed by atoms with Crippen molar-refractivity contribution in [1.29, 1.82) is 0 Å². The number of allylic oxidation sites excluding steroid dienone is 12. The molecule has 0 bridgehead atoms. The fourth-order valence-corrected chi connectivity index (χ4v) is 5.88. The molecule has 0 aliphatic carbocycles. The molecule has 0 fully saturated rings. The van der Waals surface area contributed by atoms with Crippen LogP contribution in [0.3, 0.4) is 0 Å². The van der Waals surface area contributed by atoms with E-state index in [9.17, 15) is 29.3 Å². The van der Waals surface area contributed by atoms with Gasteiger partial charge in [-0.25, -0.2) is 4.57 Å². The summed E-state index contributed by atoms with van der Waals surface area (Å²) in [6.45, 7) is 1.79. The van der Waals surface area contributed by atoms with Gasteiger partial charge in [0.05, 0.1) is 25.9 Å². The van der Waals surface area contributed by atoms with Crippen molar-refractivity contribution in [2.24, 2.45) is 0 Å². The van der Waals surface area contributed by atoms with Gasteiger partial charge in [0.2, 0.25) is 0 Å². The summed E-state index contributed by atoms with van der Waals surface area (Å²) in [6, 6.07) is 0. The molecule has 56 heavy (non-hydrogen) atoms. The van der Waals surface area contributed by atoms with E-state index in [2.05, 4.69) is 72.2 Å². The Morgan fingerprint density at radius 2 is 1.05 bits per heavy atom. The lowest BCUT2D eigenvalue weighted by Gasteiger charge is -2.20. The fourth-order valence-electron chi connectivity index (χ4n) is 5.09. The number of ether oxygens (including phenoxy) is 2. The van der Waals surface area contributed by atoms with E-state index in [-0.39, 0.29) is 25.6 Å². The molecule has 11 nitrogen and oxygen atoms in total. The Morgan fingerprint density at radius 3 is 1.61 bits per heavy atom. The molecule has 0 radical (unpaired) electrons. The Kier molecular flexibility index (Phi) is 37.4. The zero-order valence-electron chi connectivity index (χ0n) is 34.4. The highest BCUT2D eigenvalue weighted by molar-refractivity contribution is 7.47.